The third-order valence-electron chi connectivity index (χ3n) is 3.81. The van der Waals surface area contributed by atoms with Gasteiger partial charge >= 0.3 is 0 Å². The monoisotopic (exact) mass is 297 g/mol. The first kappa shape index (κ1) is 11.4. The first-order chi connectivity index (χ1) is 8.12. The first-order valence-corrected chi connectivity index (χ1v) is 6.75. The molecule has 1 N–H and O–H groups in total. The summed E-state index contributed by atoms with van der Waals surface area (Å²) in [5.74, 6) is 1.73. The topological polar surface area (TPSA) is 30.5 Å². The van der Waals surface area contributed by atoms with Gasteiger partial charge in [-0.15, -0.1) is 0 Å². The Labute approximate surface area is 110 Å². The number of halogens is 1. The van der Waals surface area contributed by atoms with E-state index in [1.807, 2.05) is 0 Å². The average Bonchev–Trinajstić information content (AvgIpc) is 2.92. The van der Waals surface area contributed by atoms with Gasteiger partial charge in [0.2, 0.25) is 6.79 Å². The SMILES string of the molecule is Cc1c(C2(C)CCCN2)cc(Br)c2c1OCO2. The van der Waals surface area contributed by atoms with E-state index in [1.165, 1.54) is 24.0 Å². The molecule has 0 aliphatic carbocycles. The van der Waals surface area contributed by atoms with Crippen LogP contribution >= 0.6 is 15.9 Å². The van der Waals surface area contributed by atoms with Crippen LogP contribution in [0.4, 0.5) is 0 Å². The molecule has 0 radical (unpaired) electrons. The van der Waals surface area contributed by atoms with Crippen molar-refractivity contribution >= 4 is 15.9 Å². The molecule has 3 rings (SSSR count). The van der Waals surface area contributed by atoms with Crippen molar-refractivity contribution in [3.8, 4) is 11.5 Å². The fourth-order valence-corrected chi connectivity index (χ4v) is 3.38. The maximum atomic E-state index is 5.58. The fourth-order valence-electron chi connectivity index (χ4n) is 2.85. The quantitative estimate of drug-likeness (QED) is 0.864. The van der Waals surface area contributed by atoms with Crippen LogP contribution in [0.15, 0.2) is 10.5 Å². The summed E-state index contributed by atoms with van der Waals surface area (Å²) in [6.07, 6.45) is 2.39. The van der Waals surface area contributed by atoms with Crippen LogP contribution in [0.25, 0.3) is 0 Å². The molecule has 1 saturated heterocycles. The third-order valence-corrected chi connectivity index (χ3v) is 4.40. The van der Waals surface area contributed by atoms with Gasteiger partial charge in [0.15, 0.2) is 11.5 Å². The van der Waals surface area contributed by atoms with E-state index < -0.39 is 0 Å². The minimum absolute atomic E-state index is 0.0631. The number of hydrogen-bond acceptors (Lipinski definition) is 3. The molecule has 1 aromatic rings. The Hall–Kier alpha value is -0.740. The van der Waals surface area contributed by atoms with E-state index >= 15 is 0 Å². The van der Waals surface area contributed by atoms with Crippen molar-refractivity contribution in [1.82, 2.24) is 5.32 Å². The number of ether oxygens (including phenoxy) is 2. The van der Waals surface area contributed by atoms with Gasteiger partial charge in [-0.2, -0.15) is 0 Å². The van der Waals surface area contributed by atoms with Crippen molar-refractivity contribution < 1.29 is 9.47 Å². The highest BCUT2D eigenvalue weighted by Crippen LogP contribution is 2.46. The first-order valence-electron chi connectivity index (χ1n) is 5.96. The highest BCUT2D eigenvalue weighted by molar-refractivity contribution is 9.10. The predicted octanol–water partition coefficient (Wildman–Crippen LogP) is 3.08. The van der Waals surface area contributed by atoms with Crippen LogP contribution in [-0.4, -0.2) is 13.3 Å². The average molecular weight is 298 g/mol. The molecule has 0 aromatic heterocycles. The summed E-state index contributed by atoms with van der Waals surface area (Å²) in [6.45, 7) is 5.78. The molecule has 0 saturated carbocycles. The summed E-state index contributed by atoms with van der Waals surface area (Å²) >= 11 is 3.57. The normalized spacial score (nSPS) is 26.5. The van der Waals surface area contributed by atoms with Crippen molar-refractivity contribution in [2.24, 2.45) is 0 Å². The minimum atomic E-state index is 0.0631. The Kier molecular flexibility index (Phi) is 2.60. The number of fused-ring (bicyclic) bond motifs is 1. The number of hydrogen-bond donors (Lipinski definition) is 1. The summed E-state index contributed by atoms with van der Waals surface area (Å²) in [4.78, 5) is 0. The summed E-state index contributed by atoms with van der Waals surface area (Å²) < 4.78 is 12.0. The van der Waals surface area contributed by atoms with E-state index in [-0.39, 0.29) is 5.54 Å². The maximum Gasteiger partial charge on any atom is 0.231 e. The van der Waals surface area contributed by atoms with Crippen LogP contribution in [0, 0.1) is 6.92 Å². The summed E-state index contributed by atoms with van der Waals surface area (Å²) in [7, 11) is 0. The molecule has 0 bridgehead atoms. The molecule has 4 heteroatoms. The van der Waals surface area contributed by atoms with Crippen LogP contribution in [0.3, 0.4) is 0 Å². The van der Waals surface area contributed by atoms with Gasteiger partial charge in [-0.05, 0) is 60.8 Å². The zero-order chi connectivity index (χ0) is 12.0. The highest BCUT2D eigenvalue weighted by Gasteiger charge is 2.34. The van der Waals surface area contributed by atoms with Gasteiger partial charge < -0.3 is 14.8 Å². The van der Waals surface area contributed by atoms with Gasteiger partial charge in [0.1, 0.15) is 0 Å². The van der Waals surface area contributed by atoms with Gasteiger partial charge in [-0.25, -0.2) is 0 Å². The van der Waals surface area contributed by atoms with E-state index in [4.69, 9.17) is 9.47 Å². The zero-order valence-electron chi connectivity index (χ0n) is 10.1. The van der Waals surface area contributed by atoms with Crippen molar-refractivity contribution in [1.29, 1.82) is 0 Å². The van der Waals surface area contributed by atoms with Gasteiger partial charge in [0.25, 0.3) is 0 Å². The lowest BCUT2D eigenvalue weighted by molar-refractivity contribution is 0.173. The molecule has 1 aromatic carbocycles. The van der Waals surface area contributed by atoms with Gasteiger partial charge in [-0.3, -0.25) is 0 Å². The van der Waals surface area contributed by atoms with E-state index in [1.54, 1.807) is 0 Å². The second-order valence-electron chi connectivity index (χ2n) is 4.96. The Bertz CT molecular complexity index is 467. The minimum Gasteiger partial charge on any atom is -0.453 e. The van der Waals surface area contributed by atoms with Crippen LogP contribution in [0.5, 0.6) is 11.5 Å². The molecule has 3 nitrogen and oxygen atoms in total. The molecule has 2 heterocycles. The summed E-state index contributed by atoms with van der Waals surface area (Å²) in [5.41, 5.74) is 2.57. The molecule has 2 aliphatic heterocycles. The number of nitrogens with one attached hydrogen (secondary N) is 1. The third kappa shape index (κ3) is 1.66. The second-order valence-corrected chi connectivity index (χ2v) is 5.81. The van der Waals surface area contributed by atoms with Gasteiger partial charge in [0, 0.05) is 11.1 Å². The van der Waals surface area contributed by atoms with Crippen molar-refractivity contribution in [3.05, 3.63) is 21.7 Å². The van der Waals surface area contributed by atoms with Crippen LogP contribution in [-0.2, 0) is 5.54 Å². The molecule has 1 fully saturated rings. The second kappa shape index (κ2) is 3.89. The smallest absolute Gasteiger partial charge is 0.231 e. The molecular formula is C13H16BrNO2. The molecule has 1 unspecified atom stereocenters. The summed E-state index contributed by atoms with van der Waals surface area (Å²) in [6, 6.07) is 2.17. The molecule has 1 atom stereocenters. The lowest BCUT2D eigenvalue weighted by atomic mass is 9.87. The van der Waals surface area contributed by atoms with Crippen LogP contribution in [0.1, 0.15) is 30.9 Å². The lowest BCUT2D eigenvalue weighted by Gasteiger charge is -2.27. The van der Waals surface area contributed by atoms with Crippen molar-refractivity contribution in [2.75, 3.05) is 13.3 Å². The van der Waals surface area contributed by atoms with Crippen molar-refractivity contribution in [3.63, 3.8) is 0 Å². The fraction of sp³-hybridized carbons (Fsp3) is 0.538. The standard InChI is InChI=1S/C13H16BrNO2/c1-8-9(13(2)4-3-5-15-13)6-10(14)12-11(8)16-7-17-12/h6,15H,3-5,7H2,1-2H3. The van der Waals surface area contributed by atoms with E-state index in [0.29, 0.717) is 6.79 Å². The van der Waals surface area contributed by atoms with Gasteiger partial charge in [0.05, 0.1) is 4.47 Å². The Morgan fingerprint density at radius 3 is 2.82 bits per heavy atom. The molecule has 92 valence electrons. The van der Waals surface area contributed by atoms with Crippen molar-refractivity contribution in [2.45, 2.75) is 32.2 Å². The van der Waals surface area contributed by atoms with E-state index in [2.05, 4.69) is 41.2 Å². The Morgan fingerprint density at radius 1 is 1.35 bits per heavy atom. The number of rotatable bonds is 1. The largest absolute Gasteiger partial charge is 0.453 e. The molecule has 2 aliphatic rings. The Morgan fingerprint density at radius 2 is 2.12 bits per heavy atom. The highest BCUT2D eigenvalue weighted by atomic mass is 79.9. The summed E-state index contributed by atoms with van der Waals surface area (Å²) in [5, 5.41) is 3.59. The molecular weight excluding hydrogens is 282 g/mol. The van der Waals surface area contributed by atoms with E-state index in [0.717, 1.165) is 22.5 Å². The lowest BCUT2D eigenvalue weighted by Crippen LogP contribution is -2.33. The number of benzene rings is 1. The molecule has 17 heavy (non-hydrogen) atoms. The molecule has 0 spiro atoms. The predicted molar refractivity (Wildman–Crippen MR) is 69.6 cm³/mol. The molecule has 0 amide bonds. The Balaban J connectivity index is 2.15. The van der Waals surface area contributed by atoms with Gasteiger partial charge in [-0.1, -0.05) is 0 Å². The van der Waals surface area contributed by atoms with E-state index in [9.17, 15) is 0 Å². The van der Waals surface area contributed by atoms with Crippen LogP contribution < -0.4 is 14.8 Å². The zero-order valence-corrected chi connectivity index (χ0v) is 11.7. The van der Waals surface area contributed by atoms with Crippen LogP contribution in [0.2, 0.25) is 0 Å². The maximum absolute atomic E-state index is 5.58.